The summed E-state index contributed by atoms with van der Waals surface area (Å²) < 4.78 is 41.6. The van der Waals surface area contributed by atoms with E-state index in [4.69, 9.17) is 0 Å². The molecule has 6 nitrogen and oxygen atoms in total. The van der Waals surface area contributed by atoms with Crippen molar-refractivity contribution in [2.24, 2.45) is 0 Å². The van der Waals surface area contributed by atoms with Gasteiger partial charge in [-0.2, -0.15) is 0 Å². The molecular weight excluding hydrogens is 349 g/mol. The second-order valence-electron chi connectivity index (χ2n) is 5.37. The van der Waals surface area contributed by atoms with E-state index >= 15 is 0 Å². The number of alkyl halides is 3. The fourth-order valence-electron chi connectivity index (χ4n) is 2.12. The van der Waals surface area contributed by atoms with Gasteiger partial charge in [0.15, 0.2) is 0 Å². The van der Waals surface area contributed by atoms with E-state index in [2.05, 4.69) is 20.1 Å². The van der Waals surface area contributed by atoms with E-state index in [0.29, 0.717) is 11.4 Å². The summed E-state index contributed by atoms with van der Waals surface area (Å²) in [6.07, 6.45) is -3.46. The highest BCUT2D eigenvalue weighted by Crippen LogP contribution is 2.23. The van der Waals surface area contributed by atoms with Crippen LogP contribution in [0.3, 0.4) is 0 Å². The number of carbonyl (C=O) groups is 1. The zero-order valence-corrected chi connectivity index (χ0v) is 13.5. The van der Waals surface area contributed by atoms with Gasteiger partial charge in [0, 0.05) is 5.69 Å². The maximum absolute atomic E-state index is 12.2. The van der Waals surface area contributed by atoms with Crippen LogP contribution in [-0.4, -0.2) is 27.0 Å². The molecule has 1 N–H and O–H groups in total. The summed E-state index contributed by atoms with van der Waals surface area (Å²) in [5.41, 5.74) is 2.09. The number of amides is 1. The Morgan fingerprint density at radius 2 is 1.73 bits per heavy atom. The molecule has 2 aromatic carbocycles. The second-order valence-corrected chi connectivity index (χ2v) is 5.37. The largest absolute Gasteiger partial charge is 0.573 e. The van der Waals surface area contributed by atoms with Crippen molar-refractivity contribution in [3.05, 3.63) is 66.2 Å². The predicted molar refractivity (Wildman–Crippen MR) is 87.2 cm³/mol. The van der Waals surface area contributed by atoms with E-state index < -0.39 is 12.3 Å². The normalized spacial score (nSPS) is 11.2. The number of hydrogen-bond donors (Lipinski definition) is 1. The Balaban J connectivity index is 1.70. The first-order valence-electron chi connectivity index (χ1n) is 7.46. The van der Waals surface area contributed by atoms with Crippen LogP contribution in [0.5, 0.6) is 5.75 Å². The zero-order valence-electron chi connectivity index (χ0n) is 13.5. The topological polar surface area (TPSA) is 69.0 Å². The summed E-state index contributed by atoms with van der Waals surface area (Å²) in [7, 11) is 0. The van der Waals surface area contributed by atoms with Crippen molar-refractivity contribution in [2.75, 3.05) is 5.32 Å². The van der Waals surface area contributed by atoms with Gasteiger partial charge in [-0.1, -0.05) is 17.7 Å². The highest BCUT2D eigenvalue weighted by atomic mass is 19.4. The summed E-state index contributed by atoms with van der Waals surface area (Å²) in [6.45, 7) is 1.93. The molecule has 0 bridgehead atoms. The molecule has 1 aromatic heterocycles. The number of anilines is 1. The molecule has 3 rings (SSSR count). The minimum absolute atomic E-state index is 0.0683. The molecule has 0 atom stereocenters. The van der Waals surface area contributed by atoms with Crippen LogP contribution >= 0.6 is 0 Å². The molecule has 0 unspecified atom stereocenters. The summed E-state index contributed by atoms with van der Waals surface area (Å²) in [6, 6.07) is 12.3. The first-order valence-corrected chi connectivity index (χ1v) is 7.46. The molecule has 0 radical (unpaired) electrons. The number of ether oxygens (including phenoxy) is 1. The number of benzene rings is 2. The number of halogens is 3. The Morgan fingerprint density at radius 3 is 2.35 bits per heavy atom. The Labute approximate surface area is 146 Å². The standard InChI is InChI=1S/C17H13F3N4O2/c1-11-2-4-12(5-3-11)22-16(25)15-21-10-24(23-15)13-6-8-14(9-7-13)26-17(18,19)20/h2-10H,1H3,(H,22,25). The van der Waals surface area contributed by atoms with Crippen molar-refractivity contribution >= 4 is 11.6 Å². The van der Waals surface area contributed by atoms with Crippen LogP contribution in [0, 0.1) is 6.92 Å². The number of carbonyl (C=O) groups excluding carboxylic acids is 1. The summed E-state index contributed by atoms with van der Waals surface area (Å²) in [5.74, 6) is -0.912. The van der Waals surface area contributed by atoms with Gasteiger partial charge < -0.3 is 10.1 Å². The average molecular weight is 362 g/mol. The van der Waals surface area contributed by atoms with E-state index in [1.54, 1.807) is 12.1 Å². The third-order valence-corrected chi connectivity index (χ3v) is 3.34. The molecule has 0 saturated carbocycles. The van der Waals surface area contributed by atoms with Crippen LogP contribution in [0.25, 0.3) is 5.69 Å². The molecule has 134 valence electrons. The van der Waals surface area contributed by atoms with Crippen molar-refractivity contribution in [3.63, 3.8) is 0 Å². The third-order valence-electron chi connectivity index (χ3n) is 3.34. The number of aromatic nitrogens is 3. The van der Waals surface area contributed by atoms with Crippen molar-refractivity contribution in [3.8, 4) is 11.4 Å². The van der Waals surface area contributed by atoms with E-state index in [0.717, 1.165) is 17.7 Å². The highest BCUT2D eigenvalue weighted by molar-refractivity contribution is 6.01. The SMILES string of the molecule is Cc1ccc(NC(=O)c2ncn(-c3ccc(OC(F)(F)F)cc3)n2)cc1. The van der Waals surface area contributed by atoms with Crippen LogP contribution in [0.4, 0.5) is 18.9 Å². The molecule has 3 aromatic rings. The summed E-state index contributed by atoms with van der Waals surface area (Å²) in [5, 5.41) is 6.69. The van der Waals surface area contributed by atoms with Crippen LogP contribution in [0.1, 0.15) is 16.2 Å². The fourth-order valence-corrected chi connectivity index (χ4v) is 2.12. The van der Waals surface area contributed by atoms with E-state index in [9.17, 15) is 18.0 Å². The maximum Gasteiger partial charge on any atom is 0.573 e. The molecular formula is C17H13F3N4O2. The highest BCUT2D eigenvalue weighted by Gasteiger charge is 2.31. The zero-order chi connectivity index (χ0) is 18.7. The average Bonchev–Trinajstić information content (AvgIpc) is 3.06. The second kappa shape index (κ2) is 6.87. The predicted octanol–water partition coefficient (Wildman–Crippen LogP) is 3.73. The van der Waals surface area contributed by atoms with Gasteiger partial charge >= 0.3 is 6.36 Å². The van der Waals surface area contributed by atoms with Gasteiger partial charge in [-0.15, -0.1) is 18.3 Å². The molecule has 0 aliphatic heterocycles. The van der Waals surface area contributed by atoms with Gasteiger partial charge in [0.25, 0.3) is 5.91 Å². The molecule has 0 aliphatic rings. The lowest BCUT2D eigenvalue weighted by molar-refractivity contribution is -0.274. The minimum atomic E-state index is -4.75. The first-order chi connectivity index (χ1) is 12.3. The maximum atomic E-state index is 12.2. The lowest BCUT2D eigenvalue weighted by Crippen LogP contribution is -2.17. The van der Waals surface area contributed by atoms with Crippen molar-refractivity contribution in [2.45, 2.75) is 13.3 Å². The quantitative estimate of drug-likeness (QED) is 0.768. The Bertz CT molecular complexity index is 903. The molecule has 0 saturated heterocycles. The molecule has 26 heavy (non-hydrogen) atoms. The number of nitrogens with zero attached hydrogens (tertiary/aromatic N) is 3. The lowest BCUT2D eigenvalue weighted by Gasteiger charge is -2.09. The van der Waals surface area contributed by atoms with Gasteiger partial charge in [0.2, 0.25) is 5.82 Å². The fraction of sp³-hybridized carbons (Fsp3) is 0.118. The summed E-state index contributed by atoms with van der Waals surface area (Å²) >= 11 is 0. The van der Waals surface area contributed by atoms with Crippen molar-refractivity contribution in [1.29, 1.82) is 0 Å². The molecule has 1 heterocycles. The Morgan fingerprint density at radius 1 is 1.08 bits per heavy atom. The summed E-state index contributed by atoms with van der Waals surface area (Å²) in [4.78, 5) is 16.1. The molecule has 0 fully saturated rings. The van der Waals surface area contributed by atoms with Crippen LogP contribution in [-0.2, 0) is 0 Å². The van der Waals surface area contributed by atoms with Crippen LogP contribution in [0.2, 0.25) is 0 Å². The van der Waals surface area contributed by atoms with E-state index in [1.165, 1.54) is 23.1 Å². The monoisotopic (exact) mass is 362 g/mol. The van der Waals surface area contributed by atoms with E-state index in [-0.39, 0.29) is 11.6 Å². The van der Waals surface area contributed by atoms with Crippen LogP contribution in [0.15, 0.2) is 54.9 Å². The third kappa shape index (κ3) is 4.38. The Kier molecular flexibility index (Phi) is 4.61. The van der Waals surface area contributed by atoms with Crippen LogP contribution < -0.4 is 10.1 Å². The minimum Gasteiger partial charge on any atom is -0.406 e. The number of nitrogens with one attached hydrogen (secondary N) is 1. The number of hydrogen-bond acceptors (Lipinski definition) is 4. The van der Waals surface area contributed by atoms with Gasteiger partial charge in [0.1, 0.15) is 12.1 Å². The smallest absolute Gasteiger partial charge is 0.406 e. The van der Waals surface area contributed by atoms with Gasteiger partial charge in [0.05, 0.1) is 5.69 Å². The van der Waals surface area contributed by atoms with E-state index in [1.807, 2.05) is 19.1 Å². The lowest BCUT2D eigenvalue weighted by atomic mass is 10.2. The molecule has 1 amide bonds. The molecule has 0 spiro atoms. The van der Waals surface area contributed by atoms with Crippen molar-refractivity contribution in [1.82, 2.24) is 14.8 Å². The Hall–Kier alpha value is -3.36. The van der Waals surface area contributed by atoms with Gasteiger partial charge in [-0.05, 0) is 43.3 Å². The number of rotatable bonds is 4. The van der Waals surface area contributed by atoms with Gasteiger partial charge in [-0.25, -0.2) is 9.67 Å². The molecule has 0 aliphatic carbocycles. The van der Waals surface area contributed by atoms with Gasteiger partial charge in [-0.3, -0.25) is 4.79 Å². The van der Waals surface area contributed by atoms with Crippen molar-refractivity contribution < 1.29 is 22.7 Å². The number of aryl methyl sites for hydroxylation is 1. The first kappa shape index (κ1) is 17.5. The molecule has 9 heteroatoms.